The van der Waals surface area contributed by atoms with Crippen LogP contribution in [-0.2, 0) is 6.54 Å². The van der Waals surface area contributed by atoms with Crippen molar-refractivity contribution in [1.82, 2.24) is 15.0 Å². The molecule has 0 radical (unpaired) electrons. The summed E-state index contributed by atoms with van der Waals surface area (Å²) in [6.45, 7) is 2.19. The number of aliphatic hydroxyl groups is 1. The molecule has 3 heterocycles. The number of rotatable bonds is 4. The molecule has 3 aromatic rings. The third-order valence-electron chi connectivity index (χ3n) is 4.75. The van der Waals surface area contributed by atoms with Gasteiger partial charge in [0.15, 0.2) is 0 Å². The predicted octanol–water partition coefficient (Wildman–Crippen LogP) is 2.62. The van der Waals surface area contributed by atoms with Crippen molar-refractivity contribution >= 4 is 22.7 Å². The van der Waals surface area contributed by atoms with E-state index < -0.39 is 0 Å². The van der Waals surface area contributed by atoms with Crippen molar-refractivity contribution < 1.29 is 5.11 Å². The summed E-state index contributed by atoms with van der Waals surface area (Å²) in [7, 11) is 1.97. The van der Waals surface area contributed by atoms with Crippen LogP contribution >= 0.6 is 0 Å². The highest BCUT2D eigenvalue weighted by Crippen LogP contribution is 2.20. The summed E-state index contributed by atoms with van der Waals surface area (Å²) in [5, 5.41) is 11.0. The first kappa shape index (κ1) is 16.7. The second-order valence-corrected chi connectivity index (χ2v) is 6.81. The number of nitrogens with zero attached hydrogens (tertiary/aromatic N) is 5. The Morgan fingerprint density at radius 1 is 1.15 bits per heavy atom. The highest BCUT2D eigenvalue weighted by Gasteiger charge is 2.19. The largest absolute Gasteiger partial charge is 0.391 e. The number of β-amino-alcohol motifs (C(OH)–C–C–N with tert-alkyl or cyclic N) is 1. The quantitative estimate of drug-likeness (QED) is 0.781. The monoisotopic (exact) mass is 349 g/mol. The van der Waals surface area contributed by atoms with Gasteiger partial charge in [-0.3, -0.25) is 4.98 Å². The minimum absolute atomic E-state index is 0.276. The maximum atomic E-state index is 9.90. The lowest BCUT2D eigenvalue weighted by Gasteiger charge is -2.31. The van der Waals surface area contributed by atoms with Gasteiger partial charge in [0.2, 0.25) is 5.95 Å². The van der Waals surface area contributed by atoms with Crippen LogP contribution in [0.15, 0.2) is 48.7 Å². The number of aromatic nitrogens is 3. The van der Waals surface area contributed by atoms with E-state index in [1.54, 1.807) is 6.20 Å². The SMILES string of the molecule is CN(Cc1ccc2ccccc2n1)c1nccc(N2CCCC(O)C2)n1. The molecule has 1 aliphatic heterocycles. The van der Waals surface area contributed by atoms with Gasteiger partial charge in [0.1, 0.15) is 5.82 Å². The van der Waals surface area contributed by atoms with Gasteiger partial charge in [-0.15, -0.1) is 0 Å². The first-order valence-electron chi connectivity index (χ1n) is 9.01. The van der Waals surface area contributed by atoms with E-state index in [9.17, 15) is 5.11 Å². The zero-order valence-corrected chi connectivity index (χ0v) is 14.9. The number of piperidine rings is 1. The summed E-state index contributed by atoms with van der Waals surface area (Å²) in [5.41, 5.74) is 1.98. The van der Waals surface area contributed by atoms with Gasteiger partial charge in [0, 0.05) is 31.7 Å². The molecule has 1 atom stereocenters. The van der Waals surface area contributed by atoms with Gasteiger partial charge >= 0.3 is 0 Å². The summed E-state index contributed by atoms with van der Waals surface area (Å²) in [5.74, 6) is 1.53. The van der Waals surface area contributed by atoms with Crippen molar-refractivity contribution in [3.8, 4) is 0 Å². The molecular formula is C20H23N5O. The molecule has 0 aliphatic carbocycles. The van der Waals surface area contributed by atoms with E-state index in [1.807, 2.05) is 42.3 Å². The molecule has 2 aromatic heterocycles. The van der Waals surface area contributed by atoms with Crippen LogP contribution in [0.2, 0.25) is 0 Å². The van der Waals surface area contributed by atoms with E-state index in [1.165, 1.54) is 0 Å². The van der Waals surface area contributed by atoms with Gasteiger partial charge < -0.3 is 14.9 Å². The molecule has 134 valence electrons. The van der Waals surface area contributed by atoms with Crippen LogP contribution in [0.3, 0.4) is 0 Å². The van der Waals surface area contributed by atoms with Gasteiger partial charge in [-0.05, 0) is 31.0 Å². The van der Waals surface area contributed by atoms with E-state index in [-0.39, 0.29) is 6.10 Å². The summed E-state index contributed by atoms with van der Waals surface area (Å²) in [6, 6.07) is 14.2. The highest BCUT2D eigenvalue weighted by molar-refractivity contribution is 5.78. The number of aliphatic hydroxyl groups excluding tert-OH is 1. The number of hydrogen-bond acceptors (Lipinski definition) is 6. The standard InChI is InChI=1S/C20H23N5O/c1-24(13-16-9-8-15-5-2-3-7-18(15)22-16)20-21-11-10-19(23-20)25-12-4-6-17(26)14-25/h2-3,5,7-11,17,26H,4,6,12-14H2,1H3. The minimum atomic E-state index is -0.276. The van der Waals surface area contributed by atoms with Gasteiger partial charge in [0.25, 0.3) is 0 Å². The van der Waals surface area contributed by atoms with Crippen LogP contribution in [0.25, 0.3) is 10.9 Å². The van der Waals surface area contributed by atoms with E-state index in [0.29, 0.717) is 19.0 Å². The summed E-state index contributed by atoms with van der Waals surface area (Å²) in [6.07, 6.45) is 3.35. The van der Waals surface area contributed by atoms with E-state index in [0.717, 1.165) is 41.8 Å². The first-order chi connectivity index (χ1) is 12.7. The van der Waals surface area contributed by atoms with Crippen molar-refractivity contribution in [2.24, 2.45) is 0 Å². The zero-order chi connectivity index (χ0) is 17.9. The molecule has 6 heteroatoms. The second kappa shape index (κ2) is 7.25. The van der Waals surface area contributed by atoms with E-state index in [2.05, 4.69) is 22.0 Å². The van der Waals surface area contributed by atoms with Gasteiger partial charge in [-0.2, -0.15) is 4.98 Å². The molecule has 1 aliphatic rings. The van der Waals surface area contributed by atoms with Crippen LogP contribution in [0.4, 0.5) is 11.8 Å². The van der Waals surface area contributed by atoms with Crippen LogP contribution < -0.4 is 9.80 Å². The van der Waals surface area contributed by atoms with Crippen LogP contribution in [0.1, 0.15) is 18.5 Å². The lowest BCUT2D eigenvalue weighted by atomic mass is 10.1. The Morgan fingerprint density at radius 2 is 2.04 bits per heavy atom. The van der Waals surface area contributed by atoms with Gasteiger partial charge in [0.05, 0.1) is 23.9 Å². The summed E-state index contributed by atoms with van der Waals surface area (Å²) < 4.78 is 0. The van der Waals surface area contributed by atoms with E-state index in [4.69, 9.17) is 9.97 Å². The predicted molar refractivity (Wildman–Crippen MR) is 103 cm³/mol. The normalized spacial score (nSPS) is 17.5. The molecule has 1 fully saturated rings. The summed E-state index contributed by atoms with van der Waals surface area (Å²) in [4.78, 5) is 18.0. The fourth-order valence-electron chi connectivity index (χ4n) is 3.37. The third-order valence-corrected chi connectivity index (χ3v) is 4.75. The lowest BCUT2D eigenvalue weighted by Crippen LogP contribution is -2.38. The Balaban J connectivity index is 1.52. The van der Waals surface area contributed by atoms with Crippen molar-refractivity contribution in [2.75, 3.05) is 29.9 Å². The minimum Gasteiger partial charge on any atom is -0.391 e. The molecule has 0 bridgehead atoms. The first-order valence-corrected chi connectivity index (χ1v) is 9.01. The topological polar surface area (TPSA) is 65.4 Å². The maximum absolute atomic E-state index is 9.90. The van der Waals surface area contributed by atoms with Crippen molar-refractivity contribution in [2.45, 2.75) is 25.5 Å². The molecule has 26 heavy (non-hydrogen) atoms. The molecule has 0 saturated carbocycles. The van der Waals surface area contributed by atoms with Crippen LogP contribution in [0.5, 0.6) is 0 Å². The molecule has 0 amide bonds. The fraction of sp³-hybridized carbons (Fsp3) is 0.350. The number of fused-ring (bicyclic) bond motifs is 1. The Labute approximate surface area is 153 Å². The summed E-state index contributed by atoms with van der Waals surface area (Å²) >= 11 is 0. The molecule has 6 nitrogen and oxygen atoms in total. The van der Waals surface area contributed by atoms with E-state index >= 15 is 0 Å². The highest BCUT2D eigenvalue weighted by atomic mass is 16.3. The molecule has 1 aromatic carbocycles. The third kappa shape index (κ3) is 3.60. The number of para-hydroxylation sites is 1. The number of hydrogen-bond donors (Lipinski definition) is 1. The molecule has 4 rings (SSSR count). The Bertz CT molecular complexity index is 900. The average Bonchev–Trinajstić information content (AvgIpc) is 2.68. The zero-order valence-electron chi connectivity index (χ0n) is 14.9. The van der Waals surface area contributed by atoms with Crippen LogP contribution in [0, 0.1) is 0 Å². The smallest absolute Gasteiger partial charge is 0.227 e. The fourth-order valence-corrected chi connectivity index (χ4v) is 3.37. The van der Waals surface area contributed by atoms with Crippen LogP contribution in [-0.4, -0.2) is 46.3 Å². The second-order valence-electron chi connectivity index (χ2n) is 6.81. The number of pyridine rings is 1. The van der Waals surface area contributed by atoms with Gasteiger partial charge in [-0.25, -0.2) is 4.98 Å². The average molecular weight is 349 g/mol. The number of benzene rings is 1. The molecule has 1 N–H and O–H groups in total. The van der Waals surface area contributed by atoms with Crippen molar-refractivity contribution in [1.29, 1.82) is 0 Å². The molecule has 0 spiro atoms. The Hall–Kier alpha value is -2.73. The van der Waals surface area contributed by atoms with Gasteiger partial charge in [-0.1, -0.05) is 24.3 Å². The molecular weight excluding hydrogens is 326 g/mol. The Kier molecular flexibility index (Phi) is 4.67. The molecule has 1 saturated heterocycles. The number of anilines is 2. The maximum Gasteiger partial charge on any atom is 0.227 e. The lowest BCUT2D eigenvalue weighted by molar-refractivity contribution is 0.154. The van der Waals surface area contributed by atoms with Crippen molar-refractivity contribution in [3.05, 3.63) is 54.4 Å². The molecule has 1 unspecified atom stereocenters. The Morgan fingerprint density at radius 3 is 2.92 bits per heavy atom. The van der Waals surface area contributed by atoms with Crippen molar-refractivity contribution in [3.63, 3.8) is 0 Å².